The van der Waals surface area contributed by atoms with Gasteiger partial charge in [0.1, 0.15) is 0 Å². The first-order valence-corrected chi connectivity index (χ1v) is 14.4. The van der Waals surface area contributed by atoms with E-state index < -0.39 is 0 Å². The molecule has 7 heteroatoms. The molecule has 0 saturated carbocycles. The molecule has 3 aromatic rings. The molecule has 0 aliphatic carbocycles. The van der Waals surface area contributed by atoms with Crippen LogP contribution < -0.4 is 4.90 Å². The zero-order valence-corrected chi connectivity index (χ0v) is 23.3. The van der Waals surface area contributed by atoms with Crippen LogP contribution in [0.4, 0.5) is 5.69 Å². The van der Waals surface area contributed by atoms with E-state index >= 15 is 0 Å². The lowest BCUT2D eigenvalue weighted by Gasteiger charge is -2.35. The average molecular weight is 528 g/mol. The fraction of sp³-hybridized carbons (Fsp3) is 0.469. The van der Waals surface area contributed by atoms with E-state index in [0.29, 0.717) is 19.0 Å². The monoisotopic (exact) mass is 527 g/mol. The average Bonchev–Trinajstić information content (AvgIpc) is 3.47. The second-order valence-corrected chi connectivity index (χ2v) is 11.1. The highest BCUT2D eigenvalue weighted by molar-refractivity contribution is 5.95. The van der Waals surface area contributed by atoms with Gasteiger partial charge in [-0.1, -0.05) is 48.0 Å². The van der Waals surface area contributed by atoms with Crippen molar-refractivity contribution in [1.82, 2.24) is 20.0 Å². The van der Waals surface area contributed by atoms with Crippen LogP contribution in [0, 0.1) is 12.8 Å². The maximum absolute atomic E-state index is 13.6. The van der Waals surface area contributed by atoms with Gasteiger partial charge in [-0.2, -0.15) is 5.10 Å². The predicted molar refractivity (Wildman–Crippen MR) is 156 cm³/mol. The van der Waals surface area contributed by atoms with Gasteiger partial charge >= 0.3 is 0 Å². The summed E-state index contributed by atoms with van der Waals surface area (Å²) in [5, 5.41) is 7.84. The van der Waals surface area contributed by atoms with E-state index in [2.05, 4.69) is 64.5 Å². The Morgan fingerprint density at radius 2 is 1.64 bits per heavy atom. The number of piperidine rings is 2. The third-order valence-corrected chi connectivity index (χ3v) is 8.45. The van der Waals surface area contributed by atoms with Crippen LogP contribution in [0.5, 0.6) is 0 Å². The third-order valence-electron chi connectivity index (χ3n) is 8.45. The Balaban J connectivity index is 1.14. The first kappa shape index (κ1) is 27.1. The normalized spacial score (nSPS) is 17.3. The molecular weight excluding hydrogens is 486 g/mol. The molecule has 2 fully saturated rings. The number of aryl methyl sites for hydroxylation is 1. The Bertz CT molecular complexity index is 1220. The molecule has 3 heterocycles. The number of aromatic nitrogens is 2. The van der Waals surface area contributed by atoms with Crippen molar-refractivity contribution >= 4 is 17.5 Å². The summed E-state index contributed by atoms with van der Waals surface area (Å²) in [4.78, 5) is 31.8. The van der Waals surface area contributed by atoms with Crippen molar-refractivity contribution in [3.63, 3.8) is 0 Å². The van der Waals surface area contributed by atoms with Crippen molar-refractivity contribution in [3.05, 3.63) is 71.9 Å². The minimum atomic E-state index is -0.0205. The van der Waals surface area contributed by atoms with Gasteiger partial charge in [0, 0.05) is 55.3 Å². The summed E-state index contributed by atoms with van der Waals surface area (Å²) >= 11 is 0. The predicted octanol–water partition coefficient (Wildman–Crippen LogP) is 5.25. The minimum absolute atomic E-state index is 0.0205. The van der Waals surface area contributed by atoms with Crippen LogP contribution in [-0.4, -0.2) is 71.1 Å². The van der Waals surface area contributed by atoms with Crippen LogP contribution in [0.2, 0.25) is 0 Å². The molecule has 1 aromatic heterocycles. The summed E-state index contributed by atoms with van der Waals surface area (Å²) in [6, 6.07) is 20.8. The number of nitrogens with zero attached hydrogens (tertiary/aromatic N) is 4. The van der Waals surface area contributed by atoms with Gasteiger partial charge in [0.15, 0.2) is 0 Å². The number of carbonyl (C=O) groups is 2. The second kappa shape index (κ2) is 12.6. The SMILES string of the molecule is CC(=O)N1CCC(C(=O)N(CCCN2CCC(c3cc(-c4ccccc4)n[nH]3)CC2)c2ccc(C)cc2)CC1. The molecule has 2 amide bonds. The molecule has 206 valence electrons. The number of nitrogens with one attached hydrogen (secondary N) is 1. The lowest BCUT2D eigenvalue weighted by Crippen LogP contribution is -2.45. The molecule has 7 nitrogen and oxygen atoms in total. The summed E-state index contributed by atoms with van der Waals surface area (Å²) in [6.45, 7) is 8.86. The first-order valence-electron chi connectivity index (χ1n) is 14.4. The van der Waals surface area contributed by atoms with E-state index in [1.165, 1.54) is 11.3 Å². The lowest BCUT2D eigenvalue weighted by molar-refractivity contribution is -0.133. The molecule has 0 atom stereocenters. The van der Waals surface area contributed by atoms with E-state index in [-0.39, 0.29) is 17.7 Å². The van der Waals surface area contributed by atoms with Crippen molar-refractivity contribution in [1.29, 1.82) is 0 Å². The van der Waals surface area contributed by atoms with Gasteiger partial charge in [0.05, 0.1) is 5.69 Å². The van der Waals surface area contributed by atoms with E-state index in [1.807, 2.05) is 28.0 Å². The Morgan fingerprint density at radius 1 is 0.949 bits per heavy atom. The quantitative estimate of drug-likeness (QED) is 0.435. The number of hydrogen-bond donors (Lipinski definition) is 1. The number of carbonyl (C=O) groups excluding carboxylic acids is 2. The van der Waals surface area contributed by atoms with Gasteiger partial charge in [0.25, 0.3) is 0 Å². The summed E-state index contributed by atoms with van der Waals surface area (Å²) in [6.07, 6.45) is 4.66. The molecule has 1 N–H and O–H groups in total. The molecule has 0 unspecified atom stereocenters. The molecule has 2 aliphatic rings. The number of benzene rings is 2. The largest absolute Gasteiger partial charge is 0.343 e. The minimum Gasteiger partial charge on any atom is -0.343 e. The number of H-pyrrole nitrogens is 1. The molecule has 2 aromatic carbocycles. The van der Waals surface area contributed by atoms with Crippen molar-refractivity contribution < 1.29 is 9.59 Å². The molecule has 0 radical (unpaired) electrons. The standard InChI is InChI=1S/C32H41N5O2/c1-24-9-11-29(12-10-24)37(32(39)28-15-21-36(22-16-28)25(2)38)18-6-17-35-19-13-27(14-20-35)31-23-30(33-34-31)26-7-4-3-5-8-26/h3-5,7-12,23,27-28H,6,13-22H2,1-2H3,(H,33,34). The van der Waals surface area contributed by atoms with Crippen LogP contribution in [0.15, 0.2) is 60.7 Å². The number of likely N-dealkylation sites (tertiary alicyclic amines) is 2. The summed E-state index contributed by atoms with van der Waals surface area (Å²) in [5.74, 6) is 0.795. The van der Waals surface area contributed by atoms with Gasteiger partial charge < -0.3 is 14.7 Å². The van der Waals surface area contributed by atoms with Gasteiger partial charge in [0.2, 0.25) is 11.8 Å². The van der Waals surface area contributed by atoms with Gasteiger partial charge in [-0.25, -0.2) is 0 Å². The Morgan fingerprint density at radius 3 is 2.31 bits per heavy atom. The van der Waals surface area contributed by atoms with E-state index in [1.54, 1.807) is 6.92 Å². The fourth-order valence-corrected chi connectivity index (χ4v) is 5.98. The highest BCUT2D eigenvalue weighted by Gasteiger charge is 2.30. The van der Waals surface area contributed by atoms with E-state index in [0.717, 1.165) is 75.2 Å². The maximum atomic E-state index is 13.6. The molecule has 5 rings (SSSR count). The number of anilines is 1. The molecule has 39 heavy (non-hydrogen) atoms. The zero-order chi connectivity index (χ0) is 27.2. The molecule has 0 bridgehead atoms. The molecular formula is C32H41N5O2. The van der Waals surface area contributed by atoms with Gasteiger partial charge in [-0.15, -0.1) is 0 Å². The van der Waals surface area contributed by atoms with E-state index in [9.17, 15) is 9.59 Å². The van der Waals surface area contributed by atoms with Crippen molar-refractivity contribution in [2.75, 3.05) is 44.2 Å². The molecule has 2 saturated heterocycles. The summed E-state index contributed by atoms with van der Waals surface area (Å²) in [7, 11) is 0. The summed E-state index contributed by atoms with van der Waals surface area (Å²) < 4.78 is 0. The number of rotatable bonds is 8. The Kier molecular flexibility index (Phi) is 8.77. The van der Waals surface area contributed by atoms with E-state index in [4.69, 9.17) is 0 Å². The maximum Gasteiger partial charge on any atom is 0.230 e. The van der Waals surface area contributed by atoms with Crippen LogP contribution in [-0.2, 0) is 9.59 Å². The molecule has 2 aliphatic heterocycles. The Hall–Kier alpha value is -3.45. The lowest BCUT2D eigenvalue weighted by atomic mass is 9.93. The number of hydrogen-bond acceptors (Lipinski definition) is 4. The first-order chi connectivity index (χ1) is 19.0. The van der Waals surface area contributed by atoms with Crippen LogP contribution in [0.3, 0.4) is 0 Å². The molecule has 0 spiro atoms. The van der Waals surface area contributed by atoms with Crippen molar-refractivity contribution in [3.8, 4) is 11.3 Å². The zero-order valence-electron chi connectivity index (χ0n) is 23.3. The van der Waals surface area contributed by atoms with Crippen molar-refractivity contribution in [2.24, 2.45) is 5.92 Å². The summed E-state index contributed by atoms with van der Waals surface area (Å²) in [5.41, 5.74) is 5.57. The highest BCUT2D eigenvalue weighted by atomic mass is 16.2. The Labute approximate surface area is 232 Å². The fourth-order valence-electron chi connectivity index (χ4n) is 5.98. The van der Waals surface area contributed by atoms with Crippen LogP contribution >= 0.6 is 0 Å². The number of aromatic amines is 1. The van der Waals surface area contributed by atoms with Crippen LogP contribution in [0.25, 0.3) is 11.3 Å². The smallest absolute Gasteiger partial charge is 0.230 e. The topological polar surface area (TPSA) is 72.5 Å². The second-order valence-electron chi connectivity index (χ2n) is 11.1. The third kappa shape index (κ3) is 6.77. The highest BCUT2D eigenvalue weighted by Crippen LogP contribution is 2.30. The van der Waals surface area contributed by atoms with Crippen molar-refractivity contribution in [2.45, 2.75) is 51.9 Å². The number of amides is 2. The van der Waals surface area contributed by atoms with Crippen LogP contribution in [0.1, 0.15) is 56.2 Å². The van der Waals surface area contributed by atoms with Gasteiger partial charge in [-0.3, -0.25) is 14.7 Å². The van der Waals surface area contributed by atoms with Gasteiger partial charge in [-0.05, 0) is 76.9 Å².